The summed E-state index contributed by atoms with van der Waals surface area (Å²) in [6.07, 6.45) is 4.95. The molecule has 5 heteroatoms. The topological polar surface area (TPSA) is 59.1 Å². The predicted molar refractivity (Wildman–Crippen MR) is 74.9 cm³/mol. The largest absolute Gasteiger partial charge is 0.297 e. The molecule has 1 rings (SSSR count). The quantitative estimate of drug-likeness (QED) is 0.570. The minimum atomic E-state index is -0.0126. The fourth-order valence-electron chi connectivity index (χ4n) is 2.78. The molecule has 0 aliphatic heterocycles. The summed E-state index contributed by atoms with van der Waals surface area (Å²) in [5, 5.41) is 4.25. The van der Waals surface area contributed by atoms with Gasteiger partial charge in [-0.3, -0.25) is 20.9 Å². The summed E-state index contributed by atoms with van der Waals surface area (Å²) in [6, 6.07) is 0.0797. The summed E-state index contributed by atoms with van der Waals surface area (Å²) < 4.78 is 1.82. The van der Waals surface area contributed by atoms with E-state index in [4.69, 9.17) is 5.84 Å². The van der Waals surface area contributed by atoms with E-state index < -0.39 is 0 Å². The van der Waals surface area contributed by atoms with Gasteiger partial charge in [0.1, 0.15) is 0 Å². The number of rotatable bonds is 7. The SMILES string of the molecule is CCN(CC)C(C)(CC)C(NN)c1cnn(C)c1. The third-order valence-corrected chi connectivity index (χ3v) is 4.05. The van der Waals surface area contributed by atoms with Crippen LogP contribution in [0.5, 0.6) is 0 Å². The first-order chi connectivity index (χ1) is 8.53. The molecule has 0 saturated heterocycles. The Bertz CT molecular complexity index is 358. The normalized spacial score (nSPS) is 16.8. The predicted octanol–water partition coefficient (Wildman–Crippen LogP) is 1.44. The van der Waals surface area contributed by atoms with Crippen LogP contribution in [0, 0.1) is 0 Å². The molecule has 1 aromatic heterocycles. The van der Waals surface area contributed by atoms with E-state index in [-0.39, 0.29) is 11.6 Å². The van der Waals surface area contributed by atoms with E-state index >= 15 is 0 Å². The van der Waals surface area contributed by atoms with Gasteiger partial charge in [0.15, 0.2) is 0 Å². The third-order valence-electron chi connectivity index (χ3n) is 4.05. The van der Waals surface area contributed by atoms with Crippen molar-refractivity contribution in [3.05, 3.63) is 18.0 Å². The van der Waals surface area contributed by atoms with Crippen LogP contribution >= 0.6 is 0 Å². The number of nitrogens with one attached hydrogen (secondary N) is 1. The first-order valence-corrected chi connectivity index (χ1v) is 6.73. The summed E-state index contributed by atoms with van der Waals surface area (Å²) >= 11 is 0. The van der Waals surface area contributed by atoms with Gasteiger partial charge >= 0.3 is 0 Å². The zero-order chi connectivity index (χ0) is 13.8. The van der Waals surface area contributed by atoms with E-state index in [0.29, 0.717) is 0 Å². The number of aromatic nitrogens is 2. The second kappa shape index (κ2) is 6.31. The van der Waals surface area contributed by atoms with Gasteiger partial charge in [-0.05, 0) is 26.4 Å². The zero-order valence-electron chi connectivity index (χ0n) is 12.3. The van der Waals surface area contributed by atoms with Gasteiger partial charge in [0.05, 0.1) is 12.2 Å². The number of likely N-dealkylation sites (N-methyl/N-ethyl adjacent to an activating group) is 1. The summed E-state index contributed by atoms with van der Waals surface area (Å²) in [5.74, 6) is 5.81. The van der Waals surface area contributed by atoms with Crippen LogP contribution in [0.25, 0.3) is 0 Å². The van der Waals surface area contributed by atoms with Crippen LogP contribution in [0.4, 0.5) is 0 Å². The van der Waals surface area contributed by atoms with E-state index in [9.17, 15) is 0 Å². The number of hydrogen-bond acceptors (Lipinski definition) is 4. The van der Waals surface area contributed by atoms with Crippen molar-refractivity contribution in [2.45, 2.75) is 45.7 Å². The molecule has 0 amide bonds. The van der Waals surface area contributed by atoms with Crippen LogP contribution in [-0.4, -0.2) is 33.3 Å². The molecule has 0 spiro atoms. The lowest BCUT2D eigenvalue weighted by Crippen LogP contribution is -2.55. The van der Waals surface area contributed by atoms with Crippen molar-refractivity contribution in [2.24, 2.45) is 12.9 Å². The lowest BCUT2D eigenvalue weighted by atomic mass is 9.84. The van der Waals surface area contributed by atoms with Crippen LogP contribution in [0.3, 0.4) is 0 Å². The van der Waals surface area contributed by atoms with Crippen molar-refractivity contribution in [1.82, 2.24) is 20.1 Å². The number of nitrogens with two attached hydrogens (primary N) is 1. The van der Waals surface area contributed by atoms with Gasteiger partial charge in [-0.15, -0.1) is 0 Å². The fraction of sp³-hybridized carbons (Fsp3) is 0.769. The summed E-state index contributed by atoms with van der Waals surface area (Å²) in [6.45, 7) is 10.9. The smallest absolute Gasteiger partial charge is 0.0671 e. The maximum atomic E-state index is 5.81. The first-order valence-electron chi connectivity index (χ1n) is 6.73. The number of hydrazine groups is 1. The average molecular weight is 253 g/mol. The molecule has 0 saturated carbocycles. The Labute approximate surface area is 110 Å². The third kappa shape index (κ3) is 2.74. The van der Waals surface area contributed by atoms with E-state index in [1.165, 1.54) is 0 Å². The number of nitrogens with zero attached hydrogens (tertiary/aromatic N) is 3. The molecule has 2 atom stereocenters. The van der Waals surface area contributed by atoms with Gasteiger partial charge < -0.3 is 0 Å². The molecule has 0 bridgehead atoms. The second-order valence-electron chi connectivity index (χ2n) is 4.93. The van der Waals surface area contributed by atoms with Crippen LogP contribution in [0.2, 0.25) is 0 Å². The average Bonchev–Trinajstić information content (AvgIpc) is 2.78. The van der Waals surface area contributed by atoms with Crippen LogP contribution in [0.15, 0.2) is 12.4 Å². The monoisotopic (exact) mass is 253 g/mol. The fourth-order valence-corrected chi connectivity index (χ4v) is 2.78. The molecular formula is C13H27N5. The Balaban J connectivity index is 3.10. The van der Waals surface area contributed by atoms with Crippen LogP contribution < -0.4 is 11.3 Å². The molecule has 1 aromatic rings. The minimum absolute atomic E-state index is 0.0126. The van der Waals surface area contributed by atoms with Gasteiger partial charge in [0.2, 0.25) is 0 Å². The van der Waals surface area contributed by atoms with Gasteiger partial charge in [0.25, 0.3) is 0 Å². The minimum Gasteiger partial charge on any atom is -0.297 e. The summed E-state index contributed by atoms with van der Waals surface area (Å²) in [7, 11) is 1.93. The van der Waals surface area contributed by atoms with Crippen LogP contribution in [0.1, 0.15) is 45.7 Å². The molecule has 18 heavy (non-hydrogen) atoms. The molecule has 0 fully saturated rings. The van der Waals surface area contributed by atoms with Crippen molar-refractivity contribution in [3.63, 3.8) is 0 Å². The van der Waals surface area contributed by atoms with Gasteiger partial charge in [0, 0.05) is 24.3 Å². The highest BCUT2D eigenvalue weighted by atomic mass is 15.3. The highest BCUT2D eigenvalue weighted by Crippen LogP contribution is 2.33. The molecule has 0 aromatic carbocycles. The van der Waals surface area contributed by atoms with Crippen molar-refractivity contribution >= 4 is 0 Å². The zero-order valence-corrected chi connectivity index (χ0v) is 12.3. The highest BCUT2D eigenvalue weighted by Gasteiger charge is 2.37. The lowest BCUT2D eigenvalue weighted by Gasteiger charge is -2.45. The second-order valence-corrected chi connectivity index (χ2v) is 4.93. The molecule has 2 unspecified atom stereocenters. The first kappa shape index (κ1) is 15.1. The van der Waals surface area contributed by atoms with Crippen molar-refractivity contribution in [3.8, 4) is 0 Å². The Kier molecular flexibility index (Phi) is 5.31. The van der Waals surface area contributed by atoms with Gasteiger partial charge in [-0.25, -0.2) is 0 Å². The molecule has 0 radical (unpaired) electrons. The van der Waals surface area contributed by atoms with E-state index in [2.05, 4.69) is 43.1 Å². The summed E-state index contributed by atoms with van der Waals surface area (Å²) in [5.41, 5.74) is 4.10. The molecular weight excluding hydrogens is 226 g/mol. The Morgan fingerprint density at radius 1 is 1.44 bits per heavy atom. The Morgan fingerprint density at radius 2 is 2.06 bits per heavy atom. The van der Waals surface area contributed by atoms with Crippen molar-refractivity contribution < 1.29 is 0 Å². The van der Waals surface area contributed by atoms with E-state index in [1.807, 2.05) is 24.1 Å². The summed E-state index contributed by atoms with van der Waals surface area (Å²) in [4.78, 5) is 2.45. The highest BCUT2D eigenvalue weighted by molar-refractivity contribution is 5.17. The number of hydrogen-bond donors (Lipinski definition) is 2. The maximum Gasteiger partial charge on any atom is 0.0671 e. The van der Waals surface area contributed by atoms with E-state index in [0.717, 1.165) is 25.1 Å². The maximum absolute atomic E-state index is 5.81. The molecule has 3 N–H and O–H groups in total. The molecule has 0 aliphatic rings. The Hall–Kier alpha value is -0.910. The van der Waals surface area contributed by atoms with Crippen molar-refractivity contribution in [2.75, 3.05) is 13.1 Å². The number of aryl methyl sites for hydroxylation is 1. The van der Waals surface area contributed by atoms with Crippen LogP contribution in [-0.2, 0) is 7.05 Å². The standard InChI is InChI=1S/C13H27N5/c1-6-13(4,18(7-2)8-3)12(16-14)11-9-15-17(5)10-11/h9-10,12,16H,6-8,14H2,1-5H3. The molecule has 1 heterocycles. The molecule has 104 valence electrons. The van der Waals surface area contributed by atoms with Crippen molar-refractivity contribution in [1.29, 1.82) is 0 Å². The van der Waals surface area contributed by atoms with Gasteiger partial charge in [-0.1, -0.05) is 20.8 Å². The lowest BCUT2D eigenvalue weighted by molar-refractivity contribution is 0.0698. The molecule has 5 nitrogen and oxygen atoms in total. The van der Waals surface area contributed by atoms with E-state index in [1.54, 1.807) is 0 Å². The molecule has 0 aliphatic carbocycles. The Morgan fingerprint density at radius 3 is 2.39 bits per heavy atom. The van der Waals surface area contributed by atoms with Gasteiger partial charge in [-0.2, -0.15) is 5.10 Å².